The fourth-order valence-corrected chi connectivity index (χ4v) is 4.52. The first kappa shape index (κ1) is 22.8. The van der Waals surface area contributed by atoms with Crippen molar-refractivity contribution in [1.82, 2.24) is 20.3 Å². The van der Waals surface area contributed by atoms with Crippen molar-refractivity contribution in [1.29, 1.82) is 0 Å². The molecule has 0 aliphatic carbocycles. The van der Waals surface area contributed by atoms with Crippen molar-refractivity contribution in [3.63, 3.8) is 0 Å². The van der Waals surface area contributed by atoms with Crippen molar-refractivity contribution < 1.29 is 27.2 Å². The van der Waals surface area contributed by atoms with E-state index in [4.69, 9.17) is 0 Å². The quantitative estimate of drug-likeness (QED) is 0.540. The number of nitrogens with zero attached hydrogens (tertiary/aromatic N) is 4. The highest BCUT2D eigenvalue weighted by Crippen LogP contribution is 2.32. The molecule has 174 valence electrons. The highest BCUT2D eigenvalue weighted by molar-refractivity contribution is 7.22. The normalized spacial score (nSPS) is 16.3. The van der Waals surface area contributed by atoms with Crippen LogP contribution in [0.5, 0.6) is 0 Å². The number of alkyl halides is 3. The first-order chi connectivity index (χ1) is 15.6. The molecule has 8 nitrogen and oxygen atoms in total. The van der Waals surface area contributed by atoms with Crippen molar-refractivity contribution in [2.75, 3.05) is 23.3 Å². The number of aromatic nitrogens is 3. The van der Waals surface area contributed by atoms with Gasteiger partial charge in [0.25, 0.3) is 0 Å². The Morgan fingerprint density at radius 1 is 1.27 bits per heavy atom. The van der Waals surface area contributed by atoms with Crippen LogP contribution in [0.1, 0.15) is 19.8 Å². The Hall–Kier alpha value is -3.35. The summed E-state index contributed by atoms with van der Waals surface area (Å²) in [6, 6.07) is 4.18. The number of carbonyl (C=O) groups excluding carboxylic acids is 2. The van der Waals surface area contributed by atoms with Gasteiger partial charge in [-0.2, -0.15) is 13.2 Å². The lowest BCUT2D eigenvalue weighted by atomic mass is 10.2. The molecule has 2 amide bonds. The Kier molecular flexibility index (Phi) is 6.15. The Balaban J connectivity index is 1.61. The standard InChI is InChI=1S/C20H18F4N6O2S/c1-10(31)27-19-28-13-5-4-11(7-15(13)33-19)16-25-8-12(21)17(29-16)30-6-2-3-14(30)18(32)26-9-20(22,23)24/h4-5,7-8,14H,2-3,6,9H2,1H3,(H,26,32)(H,27,28,31)/t14-/m1/s1. The van der Waals surface area contributed by atoms with Crippen LogP contribution in [0.2, 0.25) is 0 Å². The molecule has 4 rings (SSSR count). The molecular weight excluding hydrogens is 464 g/mol. The molecule has 1 aliphatic heterocycles. The number of hydrogen-bond donors (Lipinski definition) is 2. The number of hydrogen-bond acceptors (Lipinski definition) is 7. The van der Waals surface area contributed by atoms with Crippen molar-refractivity contribution in [3.8, 4) is 11.4 Å². The van der Waals surface area contributed by atoms with Gasteiger partial charge in [-0.25, -0.2) is 19.3 Å². The number of amides is 2. The Morgan fingerprint density at radius 2 is 2.06 bits per heavy atom. The van der Waals surface area contributed by atoms with Crippen LogP contribution in [-0.4, -0.2) is 52.1 Å². The van der Waals surface area contributed by atoms with Gasteiger partial charge in [0.05, 0.1) is 16.4 Å². The van der Waals surface area contributed by atoms with Crippen LogP contribution in [0.3, 0.4) is 0 Å². The number of benzene rings is 1. The third-order valence-corrected chi connectivity index (χ3v) is 5.88. The van der Waals surface area contributed by atoms with Gasteiger partial charge in [0.2, 0.25) is 11.8 Å². The summed E-state index contributed by atoms with van der Waals surface area (Å²) in [5, 5.41) is 4.90. The molecule has 1 atom stereocenters. The monoisotopic (exact) mass is 482 g/mol. The van der Waals surface area contributed by atoms with E-state index in [1.54, 1.807) is 18.2 Å². The van der Waals surface area contributed by atoms with E-state index in [1.807, 2.05) is 5.32 Å². The van der Waals surface area contributed by atoms with Crippen LogP contribution in [0.4, 0.5) is 28.5 Å². The lowest BCUT2D eigenvalue weighted by molar-refractivity contribution is -0.139. The molecule has 0 bridgehead atoms. The SMILES string of the molecule is CC(=O)Nc1nc2ccc(-c3ncc(F)c(N4CCC[C@@H]4C(=O)NCC(F)(F)F)n3)cc2s1. The van der Waals surface area contributed by atoms with Crippen LogP contribution in [-0.2, 0) is 9.59 Å². The topological polar surface area (TPSA) is 100 Å². The molecule has 1 saturated heterocycles. The zero-order valence-electron chi connectivity index (χ0n) is 17.2. The summed E-state index contributed by atoms with van der Waals surface area (Å²) in [6.07, 6.45) is -2.79. The first-order valence-corrected chi connectivity index (χ1v) is 10.7. The number of thiazole rings is 1. The van der Waals surface area contributed by atoms with Gasteiger partial charge in [0.1, 0.15) is 12.6 Å². The zero-order chi connectivity index (χ0) is 23.8. The summed E-state index contributed by atoms with van der Waals surface area (Å²) in [7, 11) is 0. The number of nitrogens with one attached hydrogen (secondary N) is 2. The minimum Gasteiger partial charge on any atom is -0.345 e. The van der Waals surface area contributed by atoms with E-state index >= 15 is 0 Å². The average molecular weight is 482 g/mol. The van der Waals surface area contributed by atoms with Crippen molar-refractivity contribution in [2.24, 2.45) is 0 Å². The van der Waals surface area contributed by atoms with Crippen LogP contribution in [0.25, 0.3) is 21.6 Å². The molecule has 1 fully saturated rings. The number of carbonyl (C=O) groups is 2. The average Bonchev–Trinajstić information content (AvgIpc) is 3.37. The molecule has 13 heteroatoms. The van der Waals surface area contributed by atoms with Crippen LogP contribution >= 0.6 is 11.3 Å². The summed E-state index contributed by atoms with van der Waals surface area (Å²) in [6.45, 7) is 0.189. The summed E-state index contributed by atoms with van der Waals surface area (Å²) in [5.74, 6) is -1.82. The lowest BCUT2D eigenvalue weighted by Crippen LogP contribution is -2.46. The minimum atomic E-state index is -4.54. The predicted octanol–water partition coefficient (Wildman–Crippen LogP) is 3.50. The van der Waals surface area contributed by atoms with Gasteiger partial charge < -0.3 is 15.5 Å². The second-order valence-corrected chi connectivity index (χ2v) is 8.46. The van der Waals surface area contributed by atoms with E-state index in [2.05, 4.69) is 20.3 Å². The maximum absolute atomic E-state index is 14.6. The smallest absolute Gasteiger partial charge is 0.345 e. The molecule has 0 radical (unpaired) electrons. The van der Waals surface area contributed by atoms with Crippen LogP contribution in [0.15, 0.2) is 24.4 Å². The molecule has 0 unspecified atom stereocenters. The number of rotatable bonds is 5. The predicted molar refractivity (Wildman–Crippen MR) is 114 cm³/mol. The summed E-state index contributed by atoms with van der Waals surface area (Å²) >= 11 is 1.25. The van der Waals surface area contributed by atoms with Gasteiger partial charge in [-0.1, -0.05) is 11.3 Å². The third-order valence-electron chi connectivity index (χ3n) is 4.95. The van der Waals surface area contributed by atoms with Crippen LogP contribution < -0.4 is 15.5 Å². The van der Waals surface area contributed by atoms with E-state index in [1.165, 1.54) is 23.2 Å². The largest absolute Gasteiger partial charge is 0.405 e. The summed E-state index contributed by atoms with van der Waals surface area (Å²) < 4.78 is 52.8. The second-order valence-electron chi connectivity index (χ2n) is 7.43. The van der Waals surface area contributed by atoms with E-state index in [0.29, 0.717) is 22.6 Å². The Morgan fingerprint density at radius 3 is 2.79 bits per heavy atom. The summed E-state index contributed by atoms with van der Waals surface area (Å²) in [5.41, 5.74) is 1.20. The fourth-order valence-electron chi connectivity index (χ4n) is 3.56. The molecule has 1 aromatic carbocycles. The van der Waals surface area contributed by atoms with Crippen LogP contribution in [0, 0.1) is 5.82 Å². The van der Waals surface area contributed by atoms with Crippen molar-refractivity contribution in [3.05, 3.63) is 30.2 Å². The van der Waals surface area contributed by atoms with Crippen molar-refractivity contribution in [2.45, 2.75) is 32.0 Å². The third kappa shape index (κ3) is 5.18. The Bertz CT molecular complexity index is 1210. The molecule has 1 aliphatic rings. The van der Waals surface area contributed by atoms with Gasteiger partial charge in [0, 0.05) is 19.0 Å². The molecule has 3 heterocycles. The summed E-state index contributed by atoms with van der Waals surface area (Å²) in [4.78, 5) is 37.5. The second kappa shape index (κ2) is 8.89. The molecule has 0 spiro atoms. The zero-order valence-corrected chi connectivity index (χ0v) is 18.1. The molecular formula is C20H18F4N6O2S. The molecule has 33 heavy (non-hydrogen) atoms. The van der Waals surface area contributed by atoms with Gasteiger partial charge in [-0.15, -0.1) is 0 Å². The van der Waals surface area contributed by atoms with Gasteiger partial charge in [-0.05, 0) is 31.0 Å². The molecule has 0 saturated carbocycles. The fraction of sp³-hybridized carbons (Fsp3) is 0.350. The minimum absolute atomic E-state index is 0.145. The van der Waals surface area contributed by atoms with E-state index < -0.39 is 30.5 Å². The van der Waals surface area contributed by atoms with E-state index in [9.17, 15) is 27.2 Å². The van der Waals surface area contributed by atoms with Crippen molar-refractivity contribution >= 4 is 44.3 Å². The van der Waals surface area contributed by atoms with E-state index in [-0.39, 0.29) is 30.5 Å². The van der Waals surface area contributed by atoms with Gasteiger partial charge >= 0.3 is 6.18 Å². The highest BCUT2D eigenvalue weighted by atomic mass is 32.1. The molecule has 3 aromatic rings. The highest BCUT2D eigenvalue weighted by Gasteiger charge is 2.36. The lowest BCUT2D eigenvalue weighted by Gasteiger charge is -2.25. The molecule has 2 aromatic heterocycles. The van der Waals surface area contributed by atoms with E-state index in [0.717, 1.165) is 10.9 Å². The number of fused-ring (bicyclic) bond motifs is 1. The number of anilines is 2. The first-order valence-electron chi connectivity index (χ1n) is 9.93. The Labute approximate surface area is 189 Å². The van der Waals surface area contributed by atoms with Gasteiger partial charge in [-0.3, -0.25) is 9.59 Å². The molecule has 2 N–H and O–H groups in total. The number of halogens is 4. The van der Waals surface area contributed by atoms with Gasteiger partial charge in [0.15, 0.2) is 22.6 Å². The maximum Gasteiger partial charge on any atom is 0.405 e. The maximum atomic E-state index is 14.6.